The monoisotopic (exact) mass is 201 g/mol. The highest BCUT2D eigenvalue weighted by Gasteiger charge is 2.06. The quantitative estimate of drug-likeness (QED) is 0.698. The van der Waals surface area contributed by atoms with Crippen molar-refractivity contribution >= 4 is 0 Å². The molecule has 0 fully saturated rings. The van der Waals surface area contributed by atoms with Crippen LogP contribution in [0.25, 0.3) is 0 Å². The fourth-order valence-electron chi connectivity index (χ4n) is 1.72. The molecule has 0 aromatic heterocycles. The summed E-state index contributed by atoms with van der Waals surface area (Å²) in [6.45, 7) is 3.13. The molecule has 0 radical (unpaired) electrons. The first-order chi connectivity index (χ1) is 7.36. The van der Waals surface area contributed by atoms with Gasteiger partial charge in [-0.1, -0.05) is 37.3 Å². The highest BCUT2D eigenvalue weighted by molar-refractivity contribution is 5.15. The normalized spacial score (nSPS) is 12.0. The van der Waals surface area contributed by atoms with Gasteiger partial charge in [0.25, 0.3) is 0 Å². The van der Waals surface area contributed by atoms with Crippen molar-refractivity contribution in [3.63, 3.8) is 0 Å². The van der Waals surface area contributed by atoms with Gasteiger partial charge in [-0.25, -0.2) is 0 Å². The van der Waals surface area contributed by atoms with Crippen molar-refractivity contribution in [2.45, 2.75) is 32.2 Å². The zero-order valence-electron chi connectivity index (χ0n) is 9.37. The summed E-state index contributed by atoms with van der Waals surface area (Å²) >= 11 is 0. The summed E-state index contributed by atoms with van der Waals surface area (Å²) in [5, 5.41) is 3.47. The third-order valence-electron chi connectivity index (χ3n) is 2.45. The van der Waals surface area contributed by atoms with Gasteiger partial charge >= 0.3 is 0 Å². The van der Waals surface area contributed by atoms with Crippen molar-refractivity contribution in [3.05, 3.63) is 35.9 Å². The van der Waals surface area contributed by atoms with Gasteiger partial charge < -0.3 is 5.32 Å². The van der Waals surface area contributed by atoms with Crippen molar-refractivity contribution in [3.8, 4) is 12.3 Å². The molecule has 1 unspecified atom stereocenters. The summed E-state index contributed by atoms with van der Waals surface area (Å²) in [4.78, 5) is 0. The topological polar surface area (TPSA) is 12.0 Å². The molecule has 15 heavy (non-hydrogen) atoms. The third-order valence-corrected chi connectivity index (χ3v) is 2.45. The van der Waals surface area contributed by atoms with Crippen molar-refractivity contribution in [2.24, 2.45) is 0 Å². The number of benzene rings is 1. The second kappa shape index (κ2) is 7.09. The molecule has 0 saturated carbocycles. The molecular formula is C14H19N. The fraction of sp³-hybridized carbons (Fsp3) is 0.429. The van der Waals surface area contributed by atoms with Crippen LogP contribution in [0, 0.1) is 12.3 Å². The predicted octanol–water partition coefficient (Wildman–Crippen LogP) is 2.62. The van der Waals surface area contributed by atoms with Crippen LogP contribution in [-0.2, 0) is 6.42 Å². The number of hydrogen-bond acceptors (Lipinski definition) is 1. The SMILES string of the molecule is C#CCCC(Cc1ccccc1)NCC. The van der Waals surface area contributed by atoms with Crippen LogP contribution in [-0.4, -0.2) is 12.6 Å². The summed E-state index contributed by atoms with van der Waals surface area (Å²) in [7, 11) is 0. The maximum absolute atomic E-state index is 5.29. The molecule has 0 amide bonds. The molecular weight excluding hydrogens is 182 g/mol. The minimum absolute atomic E-state index is 0.508. The maximum Gasteiger partial charge on any atom is 0.0116 e. The van der Waals surface area contributed by atoms with E-state index in [-0.39, 0.29) is 0 Å². The third kappa shape index (κ3) is 4.67. The molecule has 80 valence electrons. The second-order valence-corrected chi connectivity index (χ2v) is 3.69. The summed E-state index contributed by atoms with van der Waals surface area (Å²) < 4.78 is 0. The van der Waals surface area contributed by atoms with Crippen molar-refractivity contribution < 1.29 is 0 Å². The van der Waals surface area contributed by atoms with Gasteiger partial charge in [-0.15, -0.1) is 12.3 Å². The zero-order valence-corrected chi connectivity index (χ0v) is 9.37. The summed E-state index contributed by atoms with van der Waals surface area (Å²) in [5.41, 5.74) is 1.38. The van der Waals surface area contributed by atoms with Gasteiger partial charge in [-0.2, -0.15) is 0 Å². The van der Waals surface area contributed by atoms with Gasteiger partial charge in [-0.05, 0) is 24.9 Å². The van der Waals surface area contributed by atoms with Crippen LogP contribution >= 0.6 is 0 Å². The largest absolute Gasteiger partial charge is 0.314 e. The highest BCUT2D eigenvalue weighted by Crippen LogP contribution is 2.07. The van der Waals surface area contributed by atoms with Crippen molar-refractivity contribution in [1.82, 2.24) is 5.32 Å². The summed E-state index contributed by atoms with van der Waals surface area (Å²) in [6, 6.07) is 11.1. The standard InChI is InChI=1S/C14H19N/c1-3-5-11-14(15-4-2)12-13-9-7-6-8-10-13/h1,6-10,14-15H,4-5,11-12H2,2H3. The molecule has 0 aliphatic heterocycles. The number of likely N-dealkylation sites (N-methyl/N-ethyl adjacent to an activating group) is 1. The van der Waals surface area contributed by atoms with Crippen LogP contribution in [0.3, 0.4) is 0 Å². The fourth-order valence-corrected chi connectivity index (χ4v) is 1.72. The minimum atomic E-state index is 0.508. The first-order valence-electron chi connectivity index (χ1n) is 5.57. The predicted molar refractivity (Wildman–Crippen MR) is 65.7 cm³/mol. The molecule has 0 bridgehead atoms. The second-order valence-electron chi connectivity index (χ2n) is 3.69. The summed E-state index contributed by atoms with van der Waals surface area (Å²) in [6.07, 6.45) is 8.26. The number of rotatable bonds is 6. The van der Waals surface area contributed by atoms with E-state index >= 15 is 0 Å². The first kappa shape index (κ1) is 11.8. The van der Waals surface area contributed by atoms with E-state index in [1.54, 1.807) is 0 Å². The van der Waals surface area contributed by atoms with Gasteiger partial charge in [0.05, 0.1) is 0 Å². The van der Waals surface area contributed by atoms with Crippen LogP contribution in [0.1, 0.15) is 25.3 Å². The van der Waals surface area contributed by atoms with E-state index in [0.29, 0.717) is 6.04 Å². The smallest absolute Gasteiger partial charge is 0.0116 e. The van der Waals surface area contributed by atoms with E-state index < -0.39 is 0 Å². The van der Waals surface area contributed by atoms with E-state index in [1.807, 2.05) is 6.07 Å². The lowest BCUT2D eigenvalue weighted by molar-refractivity contribution is 0.497. The first-order valence-corrected chi connectivity index (χ1v) is 5.57. The number of nitrogens with one attached hydrogen (secondary N) is 1. The zero-order chi connectivity index (χ0) is 10.9. The lowest BCUT2D eigenvalue weighted by atomic mass is 10.0. The molecule has 1 aromatic rings. The molecule has 1 atom stereocenters. The number of terminal acetylenes is 1. The molecule has 0 heterocycles. The molecule has 1 aromatic carbocycles. The van der Waals surface area contributed by atoms with Gasteiger partial charge in [0, 0.05) is 12.5 Å². The van der Waals surface area contributed by atoms with Crippen LogP contribution in [0.4, 0.5) is 0 Å². The van der Waals surface area contributed by atoms with E-state index in [1.165, 1.54) is 5.56 Å². The van der Waals surface area contributed by atoms with Crippen LogP contribution in [0.2, 0.25) is 0 Å². The highest BCUT2D eigenvalue weighted by atomic mass is 14.9. The molecule has 1 rings (SSSR count). The molecule has 1 nitrogen and oxygen atoms in total. The average molecular weight is 201 g/mol. The van der Waals surface area contributed by atoms with Gasteiger partial charge in [-0.3, -0.25) is 0 Å². The minimum Gasteiger partial charge on any atom is -0.314 e. The Labute approximate surface area is 92.9 Å². The Balaban J connectivity index is 2.47. The van der Waals surface area contributed by atoms with E-state index in [9.17, 15) is 0 Å². The molecule has 0 aliphatic carbocycles. The average Bonchev–Trinajstić information content (AvgIpc) is 2.28. The molecule has 0 spiro atoms. The molecule has 1 N–H and O–H groups in total. The van der Waals surface area contributed by atoms with Crippen LogP contribution in [0.5, 0.6) is 0 Å². The Morgan fingerprint density at radius 3 is 2.67 bits per heavy atom. The number of hydrogen-bond donors (Lipinski definition) is 1. The Bertz CT molecular complexity index is 297. The Morgan fingerprint density at radius 2 is 2.07 bits per heavy atom. The molecule has 1 heteroatoms. The van der Waals surface area contributed by atoms with Crippen molar-refractivity contribution in [2.75, 3.05) is 6.54 Å². The lowest BCUT2D eigenvalue weighted by Gasteiger charge is -2.16. The lowest BCUT2D eigenvalue weighted by Crippen LogP contribution is -2.30. The van der Waals surface area contributed by atoms with E-state index in [0.717, 1.165) is 25.8 Å². The van der Waals surface area contributed by atoms with E-state index in [2.05, 4.69) is 42.4 Å². The van der Waals surface area contributed by atoms with Gasteiger partial charge in [0.15, 0.2) is 0 Å². The molecule has 0 saturated heterocycles. The molecule has 0 aliphatic rings. The maximum atomic E-state index is 5.29. The van der Waals surface area contributed by atoms with Gasteiger partial charge in [0.1, 0.15) is 0 Å². The Kier molecular flexibility index (Phi) is 5.58. The van der Waals surface area contributed by atoms with Crippen LogP contribution < -0.4 is 5.32 Å². The van der Waals surface area contributed by atoms with Crippen molar-refractivity contribution in [1.29, 1.82) is 0 Å². The summed E-state index contributed by atoms with van der Waals surface area (Å²) in [5.74, 6) is 2.70. The Morgan fingerprint density at radius 1 is 1.33 bits per heavy atom. The van der Waals surface area contributed by atoms with Gasteiger partial charge in [0.2, 0.25) is 0 Å². The van der Waals surface area contributed by atoms with E-state index in [4.69, 9.17) is 6.42 Å². The Hall–Kier alpha value is -1.26. The van der Waals surface area contributed by atoms with Crippen LogP contribution in [0.15, 0.2) is 30.3 Å².